The normalized spacial score (nSPS) is 30.8. The Morgan fingerprint density at radius 3 is 2.39 bits per heavy atom. The van der Waals surface area contributed by atoms with Gasteiger partial charge in [0.15, 0.2) is 0 Å². The molecule has 0 aromatic rings. The molecule has 0 aromatic carbocycles. The molecule has 1 heterocycles. The Bertz CT molecular complexity index is 282. The zero-order valence-electron chi connectivity index (χ0n) is 12.3. The first kappa shape index (κ1) is 12.9. The molecule has 2 aliphatic carbocycles. The molecule has 1 saturated heterocycles. The van der Waals surface area contributed by atoms with E-state index in [2.05, 4.69) is 24.1 Å². The molecule has 1 aliphatic heterocycles. The van der Waals surface area contributed by atoms with Crippen molar-refractivity contribution in [3.8, 4) is 0 Å². The Labute approximate surface area is 113 Å². The second-order valence-corrected chi connectivity index (χ2v) is 7.50. The highest BCUT2D eigenvalue weighted by Crippen LogP contribution is 2.52. The van der Waals surface area contributed by atoms with Gasteiger partial charge in [-0.2, -0.15) is 0 Å². The van der Waals surface area contributed by atoms with Gasteiger partial charge in [-0.1, -0.05) is 33.1 Å². The van der Waals surface area contributed by atoms with Crippen LogP contribution in [-0.2, 0) is 0 Å². The summed E-state index contributed by atoms with van der Waals surface area (Å²) in [5.41, 5.74) is 1.18. The summed E-state index contributed by atoms with van der Waals surface area (Å²) in [6, 6.07) is 0. The van der Waals surface area contributed by atoms with Crippen LogP contribution in [0.4, 0.5) is 0 Å². The summed E-state index contributed by atoms with van der Waals surface area (Å²) < 4.78 is 0. The van der Waals surface area contributed by atoms with Crippen LogP contribution in [0.5, 0.6) is 0 Å². The van der Waals surface area contributed by atoms with Gasteiger partial charge in [-0.15, -0.1) is 0 Å². The van der Waals surface area contributed by atoms with E-state index in [1.165, 1.54) is 71.1 Å². The van der Waals surface area contributed by atoms with Crippen LogP contribution in [0, 0.1) is 11.3 Å². The first-order chi connectivity index (χ1) is 8.64. The predicted octanol–water partition coefficient (Wildman–Crippen LogP) is 3.03. The average Bonchev–Trinajstić information content (AvgIpc) is 3.11. The monoisotopic (exact) mass is 250 g/mol. The van der Waals surface area contributed by atoms with Gasteiger partial charge in [-0.3, -0.25) is 4.90 Å². The average molecular weight is 250 g/mol. The molecule has 0 bridgehead atoms. The van der Waals surface area contributed by atoms with E-state index < -0.39 is 0 Å². The number of hydrogen-bond acceptors (Lipinski definition) is 2. The number of piperazine rings is 1. The standard InChI is InChI=1S/C16H30N2/c1-14(2)15(8-9-15)12-18-11-10-17-16(13-18)6-4-3-5-7-16/h14,17H,3-13H2,1-2H3. The molecule has 3 aliphatic rings. The summed E-state index contributed by atoms with van der Waals surface area (Å²) in [5.74, 6) is 0.870. The Kier molecular flexibility index (Phi) is 3.44. The maximum atomic E-state index is 3.86. The fraction of sp³-hybridized carbons (Fsp3) is 1.00. The third-order valence-corrected chi connectivity index (χ3v) is 5.92. The Morgan fingerprint density at radius 1 is 1.06 bits per heavy atom. The maximum Gasteiger partial charge on any atom is 0.0309 e. The molecule has 18 heavy (non-hydrogen) atoms. The molecule has 0 amide bonds. The van der Waals surface area contributed by atoms with Crippen LogP contribution in [-0.4, -0.2) is 36.6 Å². The van der Waals surface area contributed by atoms with Gasteiger partial charge < -0.3 is 5.32 Å². The molecule has 0 aromatic heterocycles. The van der Waals surface area contributed by atoms with Crippen LogP contribution in [0.25, 0.3) is 0 Å². The van der Waals surface area contributed by atoms with Gasteiger partial charge in [0.2, 0.25) is 0 Å². The van der Waals surface area contributed by atoms with Gasteiger partial charge in [-0.25, -0.2) is 0 Å². The van der Waals surface area contributed by atoms with Crippen molar-refractivity contribution in [3.05, 3.63) is 0 Å². The lowest BCUT2D eigenvalue weighted by atomic mass is 9.79. The Balaban J connectivity index is 1.60. The molecule has 104 valence electrons. The minimum Gasteiger partial charge on any atom is -0.309 e. The molecular formula is C16H30N2. The van der Waals surface area contributed by atoms with E-state index in [0.29, 0.717) is 11.0 Å². The quantitative estimate of drug-likeness (QED) is 0.828. The van der Waals surface area contributed by atoms with Gasteiger partial charge in [0.25, 0.3) is 0 Å². The molecule has 3 fully saturated rings. The van der Waals surface area contributed by atoms with Crippen molar-refractivity contribution in [2.24, 2.45) is 11.3 Å². The van der Waals surface area contributed by atoms with E-state index in [1.807, 2.05) is 0 Å². The summed E-state index contributed by atoms with van der Waals surface area (Å²) in [5, 5.41) is 3.86. The van der Waals surface area contributed by atoms with E-state index in [0.717, 1.165) is 5.92 Å². The lowest BCUT2D eigenvalue weighted by Gasteiger charge is -2.47. The molecular weight excluding hydrogens is 220 g/mol. The zero-order chi connectivity index (χ0) is 12.6. The van der Waals surface area contributed by atoms with Crippen molar-refractivity contribution >= 4 is 0 Å². The Morgan fingerprint density at radius 2 is 1.78 bits per heavy atom. The van der Waals surface area contributed by atoms with Crippen molar-refractivity contribution < 1.29 is 0 Å². The number of nitrogens with one attached hydrogen (secondary N) is 1. The highest BCUT2D eigenvalue weighted by molar-refractivity contribution is 5.02. The minimum atomic E-state index is 0.490. The minimum absolute atomic E-state index is 0.490. The van der Waals surface area contributed by atoms with Crippen molar-refractivity contribution in [3.63, 3.8) is 0 Å². The smallest absolute Gasteiger partial charge is 0.0309 e. The van der Waals surface area contributed by atoms with Gasteiger partial charge in [-0.05, 0) is 37.0 Å². The van der Waals surface area contributed by atoms with Crippen LogP contribution in [0.3, 0.4) is 0 Å². The third kappa shape index (κ3) is 2.46. The summed E-state index contributed by atoms with van der Waals surface area (Å²) in [4.78, 5) is 2.79. The van der Waals surface area contributed by atoms with Crippen LogP contribution in [0.1, 0.15) is 58.8 Å². The summed E-state index contributed by atoms with van der Waals surface area (Å²) in [6.07, 6.45) is 10.1. The van der Waals surface area contributed by atoms with Gasteiger partial charge in [0.1, 0.15) is 0 Å². The lowest BCUT2D eigenvalue weighted by Crippen LogP contribution is -2.61. The van der Waals surface area contributed by atoms with Crippen molar-refractivity contribution in [1.82, 2.24) is 10.2 Å². The summed E-state index contributed by atoms with van der Waals surface area (Å²) in [7, 11) is 0. The van der Waals surface area contributed by atoms with Crippen molar-refractivity contribution in [2.75, 3.05) is 26.2 Å². The zero-order valence-corrected chi connectivity index (χ0v) is 12.3. The molecule has 3 rings (SSSR count). The molecule has 0 radical (unpaired) electrons. The predicted molar refractivity (Wildman–Crippen MR) is 76.8 cm³/mol. The van der Waals surface area contributed by atoms with Crippen LogP contribution in [0.2, 0.25) is 0 Å². The SMILES string of the molecule is CC(C)C1(CN2CCNC3(CCCCC3)C2)CC1. The van der Waals surface area contributed by atoms with Gasteiger partial charge in [0.05, 0.1) is 0 Å². The molecule has 2 saturated carbocycles. The van der Waals surface area contributed by atoms with Crippen molar-refractivity contribution in [1.29, 1.82) is 0 Å². The van der Waals surface area contributed by atoms with E-state index >= 15 is 0 Å². The third-order valence-electron chi connectivity index (χ3n) is 5.92. The second kappa shape index (κ2) is 4.79. The highest BCUT2D eigenvalue weighted by atomic mass is 15.2. The fourth-order valence-electron chi connectivity index (χ4n) is 4.26. The second-order valence-electron chi connectivity index (χ2n) is 7.50. The fourth-order valence-corrected chi connectivity index (χ4v) is 4.26. The van der Waals surface area contributed by atoms with E-state index in [1.54, 1.807) is 0 Å². The summed E-state index contributed by atoms with van der Waals surface area (Å²) in [6.45, 7) is 10.0. The van der Waals surface area contributed by atoms with Gasteiger partial charge in [0, 0.05) is 31.7 Å². The first-order valence-electron chi connectivity index (χ1n) is 8.12. The van der Waals surface area contributed by atoms with E-state index in [9.17, 15) is 0 Å². The topological polar surface area (TPSA) is 15.3 Å². The van der Waals surface area contributed by atoms with E-state index in [-0.39, 0.29) is 0 Å². The van der Waals surface area contributed by atoms with E-state index in [4.69, 9.17) is 0 Å². The number of nitrogens with zero attached hydrogens (tertiary/aromatic N) is 1. The van der Waals surface area contributed by atoms with Crippen LogP contribution >= 0.6 is 0 Å². The molecule has 1 spiro atoms. The Hall–Kier alpha value is -0.0800. The number of rotatable bonds is 3. The number of hydrogen-bond donors (Lipinski definition) is 1. The maximum absolute atomic E-state index is 3.86. The van der Waals surface area contributed by atoms with Crippen LogP contribution in [0.15, 0.2) is 0 Å². The largest absolute Gasteiger partial charge is 0.309 e. The van der Waals surface area contributed by atoms with Crippen molar-refractivity contribution in [2.45, 2.75) is 64.3 Å². The van der Waals surface area contributed by atoms with Gasteiger partial charge >= 0.3 is 0 Å². The lowest BCUT2D eigenvalue weighted by molar-refractivity contribution is 0.0752. The molecule has 1 N–H and O–H groups in total. The molecule has 0 atom stereocenters. The molecule has 2 heteroatoms. The first-order valence-corrected chi connectivity index (χ1v) is 8.12. The van der Waals surface area contributed by atoms with Crippen LogP contribution < -0.4 is 5.32 Å². The summed E-state index contributed by atoms with van der Waals surface area (Å²) >= 11 is 0. The highest BCUT2D eigenvalue weighted by Gasteiger charge is 2.47. The molecule has 0 unspecified atom stereocenters. The molecule has 2 nitrogen and oxygen atoms in total.